The van der Waals surface area contributed by atoms with E-state index in [1.807, 2.05) is 6.92 Å². The Bertz CT molecular complexity index is 456. The van der Waals surface area contributed by atoms with E-state index in [0.717, 1.165) is 0 Å². The number of carbonyl (C=O) groups is 2. The van der Waals surface area contributed by atoms with Gasteiger partial charge >= 0.3 is 5.97 Å². The minimum absolute atomic E-state index is 0.0348. The molecule has 0 aromatic heterocycles. The van der Waals surface area contributed by atoms with Gasteiger partial charge in [0.2, 0.25) is 0 Å². The average Bonchev–Trinajstić information content (AvgIpc) is 2.31. The highest BCUT2D eigenvalue weighted by atomic mass is 16.4. The van der Waals surface area contributed by atoms with E-state index in [4.69, 9.17) is 5.11 Å². The summed E-state index contributed by atoms with van der Waals surface area (Å²) in [6.07, 6.45) is 0.677. The molecule has 1 amide bonds. The van der Waals surface area contributed by atoms with Crippen LogP contribution in [0.2, 0.25) is 0 Å². The molecule has 0 unspecified atom stereocenters. The molecule has 0 aliphatic rings. The van der Waals surface area contributed by atoms with Gasteiger partial charge in [-0.2, -0.15) is 0 Å². The summed E-state index contributed by atoms with van der Waals surface area (Å²) >= 11 is 0. The van der Waals surface area contributed by atoms with Crippen molar-refractivity contribution in [3.05, 3.63) is 29.3 Å². The number of phenols is 1. The van der Waals surface area contributed by atoms with Crippen LogP contribution >= 0.6 is 0 Å². The molecule has 98 valence electrons. The normalized spacial score (nSPS) is 10.1. The van der Waals surface area contributed by atoms with Crippen LogP contribution < -0.4 is 0 Å². The van der Waals surface area contributed by atoms with Crippen molar-refractivity contribution < 1.29 is 19.8 Å². The van der Waals surface area contributed by atoms with Crippen molar-refractivity contribution in [1.29, 1.82) is 0 Å². The fraction of sp³-hybridized carbons (Fsp3) is 0.385. The Hall–Kier alpha value is -2.04. The number of hydrogen-bond acceptors (Lipinski definition) is 3. The maximum Gasteiger partial charge on any atom is 0.323 e. The fourth-order valence-corrected chi connectivity index (χ4v) is 1.71. The number of hydrogen-bond donors (Lipinski definition) is 2. The summed E-state index contributed by atoms with van der Waals surface area (Å²) in [5.74, 6) is -1.38. The number of carboxylic acid groups (broad SMARTS) is 1. The molecule has 0 fully saturated rings. The predicted octanol–water partition coefficient (Wildman–Crippen LogP) is 1.64. The summed E-state index contributed by atoms with van der Waals surface area (Å²) in [6, 6.07) is 4.65. The minimum atomic E-state index is -1.05. The second-order valence-corrected chi connectivity index (χ2v) is 4.07. The number of carboxylic acids is 1. The molecule has 18 heavy (non-hydrogen) atoms. The Kier molecular flexibility index (Phi) is 4.71. The Balaban J connectivity index is 3.01. The van der Waals surface area contributed by atoms with E-state index in [2.05, 4.69) is 0 Å². The van der Waals surface area contributed by atoms with Crippen molar-refractivity contribution in [3.8, 4) is 5.75 Å². The number of amides is 1. The average molecular weight is 251 g/mol. The fourth-order valence-electron chi connectivity index (χ4n) is 1.71. The standard InChI is InChI=1S/C13H17NO4/c1-3-7-14(8-12(16)17)13(18)10-5-4-6-11(15)9(10)2/h4-6,15H,3,7-8H2,1-2H3,(H,16,17). The van der Waals surface area contributed by atoms with E-state index < -0.39 is 5.97 Å². The first-order valence-electron chi connectivity index (χ1n) is 5.77. The number of nitrogens with zero attached hydrogens (tertiary/aromatic N) is 1. The smallest absolute Gasteiger partial charge is 0.323 e. The summed E-state index contributed by atoms with van der Waals surface area (Å²) in [5.41, 5.74) is 0.804. The summed E-state index contributed by atoms with van der Waals surface area (Å²) < 4.78 is 0. The van der Waals surface area contributed by atoms with E-state index in [-0.39, 0.29) is 18.2 Å². The maximum absolute atomic E-state index is 12.2. The molecule has 0 aliphatic carbocycles. The Morgan fingerprint density at radius 3 is 2.56 bits per heavy atom. The number of benzene rings is 1. The molecule has 0 spiro atoms. The Morgan fingerprint density at radius 2 is 2.00 bits per heavy atom. The zero-order valence-electron chi connectivity index (χ0n) is 10.5. The van der Waals surface area contributed by atoms with E-state index in [9.17, 15) is 14.7 Å². The van der Waals surface area contributed by atoms with E-state index in [1.165, 1.54) is 11.0 Å². The third-order valence-electron chi connectivity index (χ3n) is 2.64. The van der Waals surface area contributed by atoms with Crippen LogP contribution in [-0.2, 0) is 4.79 Å². The monoisotopic (exact) mass is 251 g/mol. The van der Waals surface area contributed by atoms with Gasteiger partial charge in [0, 0.05) is 17.7 Å². The molecule has 0 heterocycles. The molecule has 1 aromatic rings. The van der Waals surface area contributed by atoms with Gasteiger partial charge in [0.1, 0.15) is 12.3 Å². The van der Waals surface area contributed by atoms with Gasteiger partial charge in [-0.15, -0.1) is 0 Å². The van der Waals surface area contributed by atoms with Crippen LogP contribution in [0.4, 0.5) is 0 Å². The number of carbonyl (C=O) groups excluding carboxylic acids is 1. The molecule has 1 aromatic carbocycles. The molecule has 0 atom stereocenters. The van der Waals surface area contributed by atoms with Gasteiger partial charge in [-0.25, -0.2) is 0 Å². The van der Waals surface area contributed by atoms with Crippen molar-refractivity contribution >= 4 is 11.9 Å². The summed E-state index contributed by atoms with van der Waals surface area (Å²) in [4.78, 5) is 24.2. The van der Waals surface area contributed by atoms with Crippen LogP contribution in [-0.4, -0.2) is 40.1 Å². The van der Waals surface area contributed by atoms with Crippen LogP contribution in [0, 0.1) is 6.92 Å². The van der Waals surface area contributed by atoms with Crippen LogP contribution in [0.25, 0.3) is 0 Å². The lowest BCUT2D eigenvalue weighted by Gasteiger charge is -2.21. The van der Waals surface area contributed by atoms with Crippen LogP contribution in [0.15, 0.2) is 18.2 Å². The lowest BCUT2D eigenvalue weighted by atomic mass is 10.1. The highest BCUT2D eigenvalue weighted by Crippen LogP contribution is 2.20. The minimum Gasteiger partial charge on any atom is -0.508 e. The molecule has 0 saturated heterocycles. The molecule has 0 aliphatic heterocycles. The number of aliphatic carboxylic acids is 1. The highest BCUT2D eigenvalue weighted by molar-refractivity contribution is 5.97. The van der Waals surface area contributed by atoms with Crippen molar-refractivity contribution in [1.82, 2.24) is 4.90 Å². The maximum atomic E-state index is 12.2. The van der Waals surface area contributed by atoms with Gasteiger partial charge in [-0.3, -0.25) is 9.59 Å². The molecule has 5 nitrogen and oxygen atoms in total. The highest BCUT2D eigenvalue weighted by Gasteiger charge is 2.20. The first kappa shape index (κ1) is 14.0. The first-order chi connectivity index (χ1) is 8.47. The SMILES string of the molecule is CCCN(CC(=O)O)C(=O)c1cccc(O)c1C. The molecule has 5 heteroatoms. The van der Waals surface area contributed by atoms with Crippen LogP contribution in [0.3, 0.4) is 0 Å². The Morgan fingerprint density at radius 1 is 1.33 bits per heavy atom. The van der Waals surface area contributed by atoms with Gasteiger partial charge in [0.05, 0.1) is 0 Å². The third kappa shape index (κ3) is 3.23. The number of rotatable bonds is 5. The predicted molar refractivity (Wildman–Crippen MR) is 66.7 cm³/mol. The van der Waals surface area contributed by atoms with Gasteiger partial charge in [-0.1, -0.05) is 13.0 Å². The topological polar surface area (TPSA) is 77.8 Å². The molecular formula is C13H17NO4. The number of aromatic hydroxyl groups is 1. The van der Waals surface area contributed by atoms with E-state index in [0.29, 0.717) is 24.1 Å². The van der Waals surface area contributed by atoms with Gasteiger partial charge in [0.15, 0.2) is 0 Å². The summed E-state index contributed by atoms with van der Waals surface area (Å²) in [6.45, 7) is 3.55. The van der Waals surface area contributed by atoms with Crippen LogP contribution in [0.5, 0.6) is 5.75 Å². The quantitative estimate of drug-likeness (QED) is 0.833. The van der Waals surface area contributed by atoms with Crippen LogP contribution in [0.1, 0.15) is 29.3 Å². The zero-order chi connectivity index (χ0) is 13.7. The third-order valence-corrected chi connectivity index (χ3v) is 2.64. The van der Waals surface area contributed by atoms with Gasteiger partial charge in [-0.05, 0) is 25.5 Å². The lowest BCUT2D eigenvalue weighted by Crippen LogP contribution is -2.36. The van der Waals surface area contributed by atoms with Gasteiger partial charge < -0.3 is 15.1 Å². The number of phenolic OH excluding ortho intramolecular Hbond substituents is 1. The van der Waals surface area contributed by atoms with Crippen molar-refractivity contribution in [3.63, 3.8) is 0 Å². The zero-order valence-corrected chi connectivity index (χ0v) is 10.5. The molecule has 0 bridgehead atoms. The van der Waals surface area contributed by atoms with E-state index in [1.54, 1.807) is 19.1 Å². The van der Waals surface area contributed by atoms with Gasteiger partial charge in [0.25, 0.3) is 5.91 Å². The van der Waals surface area contributed by atoms with Crippen molar-refractivity contribution in [2.24, 2.45) is 0 Å². The largest absolute Gasteiger partial charge is 0.508 e. The summed E-state index contributed by atoms with van der Waals surface area (Å²) in [7, 11) is 0. The second-order valence-electron chi connectivity index (χ2n) is 4.07. The van der Waals surface area contributed by atoms with Crippen molar-refractivity contribution in [2.45, 2.75) is 20.3 Å². The lowest BCUT2D eigenvalue weighted by molar-refractivity contribution is -0.137. The second kappa shape index (κ2) is 6.05. The molecular weight excluding hydrogens is 234 g/mol. The molecule has 2 N–H and O–H groups in total. The molecule has 0 saturated carbocycles. The summed E-state index contributed by atoms with van der Waals surface area (Å²) in [5, 5.41) is 18.3. The molecule has 1 rings (SSSR count). The molecule has 0 radical (unpaired) electrons. The van der Waals surface area contributed by atoms with Crippen molar-refractivity contribution in [2.75, 3.05) is 13.1 Å². The Labute approximate surface area is 106 Å². The van der Waals surface area contributed by atoms with E-state index >= 15 is 0 Å². The first-order valence-corrected chi connectivity index (χ1v) is 5.77.